The van der Waals surface area contributed by atoms with E-state index >= 15 is 0 Å². The molecule has 2 N–H and O–H groups in total. The van der Waals surface area contributed by atoms with Crippen LogP contribution in [0.5, 0.6) is 5.75 Å². The molecule has 3 nitrogen and oxygen atoms in total. The molecule has 0 aliphatic carbocycles. The molecular formula is C12H14FNO2S. The number of nitrogens with two attached hydrogens (primary N) is 1. The van der Waals surface area contributed by atoms with Crippen LogP contribution < -0.4 is 10.5 Å². The van der Waals surface area contributed by atoms with Crippen LogP contribution in [0.4, 0.5) is 4.39 Å². The van der Waals surface area contributed by atoms with Gasteiger partial charge in [0.1, 0.15) is 22.7 Å². The highest BCUT2D eigenvalue weighted by molar-refractivity contribution is 7.80. The summed E-state index contributed by atoms with van der Waals surface area (Å²) in [4.78, 5) is 0.0557. The molecule has 0 bridgehead atoms. The van der Waals surface area contributed by atoms with Gasteiger partial charge in [0.15, 0.2) is 0 Å². The average Bonchev–Trinajstić information content (AvgIpc) is 2.30. The number of benzene rings is 1. The lowest BCUT2D eigenvalue weighted by Crippen LogP contribution is -2.26. The molecule has 2 rings (SSSR count). The van der Waals surface area contributed by atoms with Gasteiger partial charge in [0, 0.05) is 24.5 Å². The normalized spacial score (nSPS) is 16.8. The molecule has 1 aliphatic rings. The predicted octanol–water partition coefficient (Wildman–Crippen LogP) is 2.02. The van der Waals surface area contributed by atoms with Crippen LogP contribution in [0.1, 0.15) is 18.4 Å². The van der Waals surface area contributed by atoms with Crippen molar-refractivity contribution >= 4 is 17.2 Å². The third-order valence-corrected chi connectivity index (χ3v) is 2.90. The molecule has 5 heteroatoms. The quantitative estimate of drug-likeness (QED) is 0.839. The van der Waals surface area contributed by atoms with Crippen LogP contribution in [-0.2, 0) is 4.74 Å². The van der Waals surface area contributed by atoms with Crippen molar-refractivity contribution in [2.45, 2.75) is 18.9 Å². The third kappa shape index (κ3) is 3.14. The van der Waals surface area contributed by atoms with E-state index in [1.54, 1.807) is 12.1 Å². The highest BCUT2D eigenvalue weighted by Crippen LogP contribution is 2.20. The summed E-state index contributed by atoms with van der Waals surface area (Å²) >= 11 is 4.73. The maximum atomic E-state index is 13.6. The van der Waals surface area contributed by atoms with Crippen molar-refractivity contribution < 1.29 is 13.9 Å². The number of rotatable bonds is 3. The predicted molar refractivity (Wildman–Crippen MR) is 66.8 cm³/mol. The Morgan fingerprint density at radius 2 is 2.12 bits per heavy atom. The molecule has 0 saturated carbocycles. The molecule has 1 aromatic rings. The number of halogens is 1. The van der Waals surface area contributed by atoms with Gasteiger partial charge in [-0.3, -0.25) is 0 Å². The minimum Gasteiger partial charge on any atom is -0.490 e. The Labute approximate surface area is 105 Å². The lowest BCUT2D eigenvalue weighted by Gasteiger charge is -2.23. The van der Waals surface area contributed by atoms with Crippen LogP contribution in [-0.4, -0.2) is 24.3 Å². The molecule has 0 amide bonds. The second-order valence-corrected chi connectivity index (χ2v) is 4.38. The van der Waals surface area contributed by atoms with Crippen molar-refractivity contribution in [3.63, 3.8) is 0 Å². The minimum absolute atomic E-state index is 0.0557. The smallest absolute Gasteiger partial charge is 0.137 e. The summed E-state index contributed by atoms with van der Waals surface area (Å²) in [6.07, 6.45) is 1.76. The van der Waals surface area contributed by atoms with E-state index in [1.165, 1.54) is 6.07 Å². The Balaban J connectivity index is 2.06. The van der Waals surface area contributed by atoms with Gasteiger partial charge in [-0.1, -0.05) is 12.2 Å². The van der Waals surface area contributed by atoms with Gasteiger partial charge in [0.25, 0.3) is 0 Å². The first-order chi connectivity index (χ1) is 8.16. The molecular weight excluding hydrogens is 241 g/mol. The fraction of sp³-hybridized carbons (Fsp3) is 0.417. The summed E-state index contributed by atoms with van der Waals surface area (Å²) in [5.41, 5.74) is 5.63. The molecule has 92 valence electrons. The largest absolute Gasteiger partial charge is 0.490 e. The zero-order valence-corrected chi connectivity index (χ0v) is 10.1. The zero-order chi connectivity index (χ0) is 12.3. The molecule has 0 unspecified atom stereocenters. The summed E-state index contributed by atoms with van der Waals surface area (Å²) in [6.45, 7) is 1.39. The number of ether oxygens (including phenoxy) is 2. The molecule has 0 radical (unpaired) electrons. The van der Waals surface area contributed by atoms with Crippen molar-refractivity contribution in [1.29, 1.82) is 0 Å². The van der Waals surface area contributed by atoms with Crippen LogP contribution >= 0.6 is 12.2 Å². The summed E-state index contributed by atoms with van der Waals surface area (Å²) < 4.78 is 24.5. The van der Waals surface area contributed by atoms with E-state index < -0.39 is 5.82 Å². The van der Waals surface area contributed by atoms with Gasteiger partial charge in [-0.2, -0.15) is 0 Å². The summed E-state index contributed by atoms with van der Waals surface area (Å²) in [5, 5.41) is 0. The Morgan fingerprint density at radius 1 is 1.41 bits per heavy atom. The molecule has 0 aromatic heterocycles. The van der Waals surface area contributed by atoms with E-state index in [9.17, 15) is 4.39 Å². The van der Waals surface area contributed by atoms with E-state index in [2.05, 4.69) is 0 Å². The maximum absolute atomic E-state index is 13.6. The van der Waals surface area contributed by atoms with E-state index in [0.29, 0.717) is 19.0 Å². The van der Waals surface area contributed by atoms with Gasteiger partial charge in [-0.05, 0) is 12.1 Å². The van der Waals surface area contributed by atoms with Crippen LogP contribution in [0, 0.1) is 5.82 Å². The minimum atomic E-state index is -0.443. The number of hydrogen-bond acceptors (Lipinski definition) is 3. The average molecular weight is 255 g/mol. The molecule has 1 aromatic carbocycles. The monoisotopic (exact) mass is 255 g/mol. The Kier molecular flexibility index (Phi) is 3.91. The SMILES string of the molecule is NC(=S)c1ccc(OC2CCOCC2)cc1F. The first-order valence-corrected chi connectivity index (χ1v) is 5.91. The van der Waals surface area contributed by atoms with Crippen molar-refractivity contribution in [3.8, 4) is 5.75 Å². The van der Waals surface area contributed by atoms with Crippen LogP contribution in [0.2, 0.25) is 0 Å². The summed E-state index contributed by atoms with van der Waals surface area (Å²) in [6, 6.07) is 4.56. The molecule has 1 fully saturated rings. The first-order valence-electron chi connectivity index (χ1n) is 5.50. The van der Waals surface area contributed by atoms with Crippen molar-refractivity contribution in [1.82, 2.24) is 0 Å². The van der Waals surface area contributed by atoms with E-state index in [1.807, 2.05) is 0 Å². The van der Waals surface area contributed by atoms with Crippen LogP contribution in [0.15, 0.2) is 18.2 Å². The van der Waals surface area contributed by atoms with Gasteiger partial charge in [0.05, 0.1) is 13.2 Å². The van der Waals surface area contributed by atoms with Crippen LogP contribution in [0.25, 0.3) is 0 Å². The summed E-state index contributed by atoms with van der Waals surface area (Å²) in [7, 11) is 0. The van der Waals surface area contributed by atoms with E-state index in [0.717, 1.165) is 12.8 Å². The molecule has 1 aliphatic heterocycles. The topological polar surface area (TPSA) is 44.5 Å². The van der Waals surface area contributed by atoms with Gasteiger partial charge in [0.2, 0.25) is 0 Å². The molecule has 1 heterocycles. The van der Waals surface area contributed by atoms with Crippen LogP contribution in [0.3, 0.4) is 0 Å². The first kappa shape index (κ1) is 12.3. The molecule has 1 saturated heterocycles. The van der Waals surface area contributed by atoms with Gasteiger partial charge >= 0.3 is 0 Å². The van der Waals surface area contributed by atoms with Gasteiger partial charge in [-0.15, -0.1) is 0 Å². The highest BCUT2D eigenvalue weighted by atomic mass is 32.1. The molecule has 0 atom stereocenters. The zero-order valence-electron chi connectivity index (χ0n) is 9.32. The van der Waals surface area contributed by atoms with E-state index in [-0.39, 0.29) is 16.7 Å². The van der Waals surface area contributed by atoms with Crippen molar-refractivity contribution in [3.05, 3.63) is 29.6 Å². The van der Waals surface area contributed by atoms with Gasteiger partial charge < -0.3 is 15.2 Å². The molecule has 0 spiro atoms. The lowest BCUT2D eigenvalue weighted by molar-refractivity contribution is 0.0254. The molecule has 17 heavy (non-hydrogen) atoms. The third-order valence-electron chi connectivity index (χ3n) is 2.68. The Morgan fingerprint density at radius 3 is 2.71 bits per heavy atom. The fourth-order valence-corrected chi connectivity index (χ4v) is 1.92. The van der Waals surface area contributed by atoms with Crippen molar-refractivity contribution in [2.75, 3.05) is 13.2 Å². The number of thiocarbonyl (C=S) groups is 1. The standard InChI is InChI=1S/C12H14FNO2S/c13-11-7-9(1-2-10(11)12(14)17)16-8-3-5-15-6-4-8/h1-2,7-8H,3-6H2,(H2,14,17). The maximum Gasteiger partial charge on any atom is 0.137 e. The highest BCUT2D eigenvalue weighted by Gasteiger charge is 2.16. The van der Waals surface area contributed by atoms with Crippen molar-refractivity contribution in [2.24, 2.45) is 5.73 Å². The summed E-state index contributed by atoms with van der Waals surface area (Å²) in [5.74, 6) is 0.0662. The van der Waals surface area contributed by atoms with E-state index in [4.69, 9.17) is 27.4 Å². The van der Waals surface area contributed by atoms with Gasteiger partial charge in [-0.25, -0.2) is 4.39 Å². The second kappa shape index (κ2) is 5.42. The Bertz CT molecular complexity index is 419. The second-order valence-electron chi connectivity index (χ2n) is 3.94. The fourth-order valence-electron chi connectivity index (χ4n) is 1.76. The lowest BCUT2D eigenvalue weighted by atomic mass is 10.1. The number of hydrogen-bond donors (Lipinski definition) is 1. The Hall–Kier alpha value is -1.20.